The Balaban J connectivity index is -0.000000122. The smallest absolute Gasteiger partial charge is 0.628 e. The van der Waals surface area contributed by atoms with Crippen molar-refractivity contribution in [2.45, 2.75) is 55.4 Å². The zero-order valence-corrected chi connectivity index (χ0v) is 31.3. The van der Waals surface area contributed by atoms with Crippen molar-refractivity contribution in [3.63, 3.8) is 0 Å². The molecule has 0 aromatic heterocycles. The van der Waals surface area contributed by atoms with Crippen LogP contribution in [0.25, 0.3) is 0 Å². The molecule has 0 saturated carbocycles. The predicted molar refractivity (Wildman–Crippen MR) is 179 cm³/mol. The van der Waals surface area contributed by atoms with Crippen LogP contribution in [0, 0.1) is 20.8 Å². The van der Waals surface area contributed by atoms with E-state index >= 15 is 0 Å². The number of quaternary nitrogens is 4. The molecule has 0 rings (SSSR count). The average molecular weight is 753 g/mol. The van der Waals surface area contributed by atoms with Crippen molar-refractivity contribution < 1.29 is 39.7 Å². The molecular weight excluding hydrogens is 713 g/mol. The van der Waals surface area contributed by atoms with Crippen LogP contribution in [0.4, 0.5) is 0 Å². The first-order valence-corrected chi connectivity index (χ1v) is 14.7. The summed E-state index contributed by atoms with van der Waals surface area (Å²) in [5.74, 6) is 0. The van der Waals surface area contributed by atoms with Gasteiger partial charge in [0.2, 0.25) is 0 Å². The molecule has 0 aliphatic rings. The summed E-state index contributed by atoms with van der Waals surface area (Å²) in [6, 6.07) is 0. The molecule has 0 N–H and O–H groups in total. The van der Waals surface area contributed by atoms with Gasteiger partial charge in [0.05, 0.1) is 52.4 Å². The topological polar surface area (TPSA) is 92.2 Å². The van der Waals surface area contributed by atoms with E-state index in [2.05, 4.69) is 99.4 Å². The van der Waals surface area contributed by atoms with E-state index in [0.29, 0.717) is 52.4 Å². The van der Waals surface area contributed by atoms with Crippen LogP contribution in [-0.2, 0) is 71.6 Å². The summed E-state index contributed by atoms with van der Waals surface area (Å²) in [6.45, 7) is 17.8. The summed E-state index contributed by atoms with van der Waals surface area (Å²) in [5, 5.41) is 44.9. The summed E-state index contributed by atoms with van der Waals surface area (Å²) in [4.78, 5) is 0. The van der Waals surface area contributed by atoms with Gasteiger partial charge in [0.25, 0.3) is 0 Å². The van der Waals surface area contributed by atoms with Gasteiger partial charge in [-0.3, -0.25) is 0 Å². The molecule has 0 heterocycles. The van der Waals surface area contributed by atoms with E-state index in [-0.39, 0.29) is 38.3 Å². The fourth-order valence-corrected chi connectivity index (χ4v) is 3.99. The van der Waals surface area contributed by atoms with Gasteiger partial charge in [0.15, 0.2) is 0 Å². The maximum Gasteiger partial charge on any atom is 4.00 e. The number of hydrogen-bond acceptors (Lipinski definition) is 12. The SMILES string of the molecule is CC[N+]([O-])(CC)C(=S)[S-].CC[N+]([O-])(CC)C(=S)[S-].CC[N+]([O-])(CC)C(=S)[S-].CC[N+]([O-])(CC)C(=S)[S-].[Mo+4]. The third-order valence-electron chi connectivity index (χ3n) is 5.42. The van der Waals surface area contributed by atoms with Crippen molar-refractivity contribution in [3.8, 4) is 0 Å². The maximum atomic E-state index is 11.2. The normalized spacial score (nSPS) is 11.1. The van der Waals surface area contributed by atoms with Crippen LogP contribution in [0.5, 0.6) is 0 Å². The van der Waals surface area contributed by atoms with Crippen molar-refractivity contribution >= 4 is 117 Å². The molecule has 17 heteroatoms. The Hall–Kier alpha value is 1.61. The minimum absolute atomic E-state index is 0. The molecule has 0 atom stereocenters. The van der Waals surface area contributed by atoms with Crippen LogP contribution < -0.4 is 0 Å². The predicted octanol–water partition coefficient (Wildman–Crippen LogP) is 4.69. The summed E-state index contributed by atoms with van der Waals surface area (Å²) in [6.07, 6.45) is 0. The monoisotopic (exact) mass is 754 g/mol. The Labute approximate surface area is 282 Å². The van der Waals surface area contributed by atoms with E-state index in [1.54, 1.807) is 55.4 Å². The molecule has 0 aromatic carbocycles. The fourth-order valence-electron chi connectivity index (χ4n) is 1.93. The molecule has 0 bridgehead atoms. The van der Waals surface area contributed by atoms with Gasteiger partial charge in [-0.2, -0.15) is 0 Å². The molecule has 0 fully saturated rings. The number of nitrogens with zero attached hydrogens (tertiary/aromatic N) is 4. The number of thiocarbonyl (C=S) groups is 4. The molecule has 0 aliphatic carbocycles. The molecule has 0 aromatic rings. The molecule has 0 radical (unpaired) electrons. The van der Waals surface area contributed by atoms with Crippen molar-refractivity contribution in [3.05, 3.63) is 20.8 Å². The summed E-state index contributed by atoms with van der Waals surface area (Å²) in [5.41, 5.74) is 0. The Morgan fingerprint density at radius 3 is 0.486 bits per heavy atom. The second kappa shape index (κ2) is 24.2. The van der Waals surface area contributed by atoms with Gasteiger partial charge in [-0.15, -0.1) is 0 Å². The first-order chi connectivity index (χ1) is 16.3. The van der Waals surface area contributed by atoms with Gasteiger partial charge >= 0.3 is 21.1 Å². The Bertz CT molecular complexity index is 565. The second-order valence-corrected chi connectivity index (χ2v) is 11.3. The van der Waals surface area contributed by atoms with Gasteiger partial charge in [0, 0.05) is 17.3 Å². The molecule has 0 saturated heterocycles. The van der Waals surface area contributed by atoms with Gasteiger partial charge in [-0.1, -0.05) is 0 Å². The van der Waals surface area contributed by atoms with Gasteiger partial charge in [-0.25, -0.2) is 0 Å². The molecule has 218 valence electrons. The van der Waals surface area contributed by atoms with E-state index < -0.39 is 18.6 Å². The Morgan fingerprint density at radius 2 is 0.486 bits per heavy atom. The molecule has 0 spiro atoms. The minimum Gasteiger partial charge on any atom is -0.628 e. The first kappa shape index (κ1) is 48.3. The van der Waals surface area contributed by atoms with Crippen LogP contribution in [0.3, 0.4) is 0 Å². The number of hydrogen-bond donors (Lipinski definition) is 0. The van der Waals surface area contributed by atoms with E-state index in [1.807, 2.05) is 0 Å². The third-order valence-corrected chi connectivity index (χ3v) is 8.08. The zero-order chi connectivity index (χ0) is 30.0. The van der Waals surface area contributed by atoms with Crippen molar-refractivity contribution in [2.75, 3.05) is 52.4 Å². The molecule has 0 amide bonds. The van der Waals surface area contributed by atoms with Gasteiger partial charge in [0.1, 0.15) is 0 Å². The summed E-state index contributed by atoms with van der Waals surface area (Å²) in [7, 11) is 0. The summed E-state index contributed by atoms with van der Waals surface area (Å²) >= 11 is 36.8. The molecule has 0 aliphatic heterocycles. The third kappa shape index (κ3) is 19.4. The van der Waals surface area contributed by atoms with E-state index in [0.717, 1.165) is 0 Å². The number of hydroxylamine groups is 12. The largest absolute Gasteiger partial charge is 4.00 e. The number of rotatable bonds is 8. The standard InChI is InChI=1S/4C5H11NOS2.Mo/c4*1-3-6(7,4-2)5(8)9;/h4*3-4H2,1-2H3,(H,8,9);/q;;;;+4/p-4. The van der Waals surface area contributed by atoms with E-state index in [1.165, 1.54) is 0 Å². The first-order valence-electron chi connectivity index (χ1n) is 11.4. The van der Waals surface area contributed by atoms with Crippen molar-refractivity contribution in [1.29, 1.82) is 0 Å². The van der Waals surface area contributed by atoms with Crippen molar-refractivity contribution in [2.24, 2.45) is 0 Å². The molecular formula is C20H40MoN4O4S8. The fraction of sp³-hybridized carbons (Fsp3) is 0.800. The van der Waals surface area contributed by atoms with Gasteiger partial charge < -0.3 is 139 Å². The molecule has 8 nitrogen and oxygen atoms in total. The van der Waals surface area contributed by atoms with Crippen LogP contribution in [-0.4, -0.2) is 88.2 Å². The molecule has 0 unspecified atom stereocenters. The quantitative estimate of drug-likeness (QED) is 0.113. The van der Waals surface area contributed by atoms with Gasteiger partial charge in [-0.05, 0) is 55.4 Å². The van der Waals surface area contributed by atoms with Crippen LogP contribution in [0.2, 0.25) is 0 Å². The van der Waals surface area contributed by atoms with E-state index in [4.69, 9.17) is 0 Å². The zero-order valence-electron chi connectivity index (χ0n) is 22.8. The van der Waals surface area contributed by atoms with E-state index in [9.17, 15) is 20.8 Å². The average Bonchev–Trinajstić information content (AvgIpc) is 2.87. The summed E-state index contributed by atoms with van der Waals surface area (Å²) < 4.78 is -1.59. The van der Waals surface area contributed by atoms with Crippen LogP contribution in [0.15, 0.2) is 0 Å². The second-order valence-electron chi connectivity index (χ2n) is 7.15. The Morgan fingerprint density at radius 1 is 0.405 bits per heavy atom. The minimum atomic E-state index is -0.509. The maximum absolute atomic E-state index is 11.2. The van der Waals surface area contributed by atoms with Crippen molar-refractivity contribution in [1.82, 2.24) is 0 Å². The molecule has 37 heavy (non-hydrogen) atoms. The van der Waals surface area contributed by atoms with Crippen LogP contribution in [0.1, 0.15) is 55.4 Å². The van der Waals surface area contributed by atoms with Crippen LogP contribution >= 0.6 is 48.9 Å². The Kier molecular flexibility index (Phi) is 31.7.